The number of fused-ring (bicyclic) bond motifs is 3. The molecule has 1 unspecified atom stereocenters. The SMILES string of the molecule is COCCN(CCOC)C(=O)CSc1nc(N)c2c3c(sc2n1)CC(C)CC3. The highest BCUT2D eigenvalue weighted by molar-refractivity contribution is 7.99. The quantitative estimate of drug-likeness (QED) is 0.489. The molecule has 2 aromatic heterocycles. The standard InChI is InChI=1S/C19H28N4O3S2/c1-12-4-5-13-14(10-12)28-18-16(13)17(20)21-19(22-18)27-11-15(24)23(6-8-25-2)7-9-26-3/h12H,4-11H2,1-3H3,(H2,20,21,22). The third kappa shape index (κ3) is 4.94. The van der Waals surface area contributed by atoms with Gasteiger partial charge in [-0.15, -0.1) is 11.3 Å². The Morgan fingerprint density at radius 3 is 2.68 bits per heavy atom. The second-order valence-electron chi connectivity index (χ2n) is 7.08. The van der Waals surface area contributed by atoms with Crippen LogP contribution in [0.25, 0.3) is 10.2 Å². The van der Waals surface area contributed by atoms with E-state index in [1.807, 2.05) is 0 Å². The molecule has 0 saturated heterocycles. The first-order chi connectivity index (χ1) is 13.5. The minimum atomic E-state index is 0.0145. The van der Waals surface area contributed by atoms with Crippen molar-refractivity contribution in [2.75, 3.05) is 52.0 Å². The molecule has 1 amide bonds. The Hall–Kier alpha value is -1.42. The van der Waals surface area contributed by atoms with E-state index in [4.69, 9.17) is 20.2 Å². The van der Waals surface area contributed by atoms with Crippen molar-refractivity contribution >= 4 is 45.0 Å². The summed E-state index contributed by atoms with van der Waals surface area (Å²) >= 11 is 3.05. The number of nitrogens with zero attached hydrogens (tertiary/aromatic N) is 3. The number of rotatable bonds is 9. The van der Waals surface area contributed by atoms with Crippen LogP contribution < -0.4 is 5.73 Å². The highest BCUT2D eigenvalue weighted by Crippen LogP contribution is 2.39. The topological polar surface area (TPSA) is 90.6 Å². The van der Waals surface area contributed by atoms with Crippen LogP contribution in [0.15, 0.2) is 5.16 Å². The van der Waals surface area contributed by atoms with Gasteiger partial charge in [0.2, 0.25) is 5.91 Å². The molecule has 0 aromatic carbocycles. The van der Waals surface area contributed by atoms with E-state index in [-0.39, 0.29) is 11.7 Å². The van der Waals surface area contributed by atoms with E-state index in [2.05, 4.69) is 11.9 Å². The number of nitrogen functional groups attached to an aromatic ring is 1. The van der Waals surface area contributed by atoms with Crippen LogP contribution in [0.4, 0.5) is 5.82 Å². The molecule has 154 valence electrons. The Morgan fingerprint density at radius 2 is 2.00 bits per heavy atom. The number of hydrogen-bond acceptors (Lipinski definition) is 8. The maximum Gasteiger partial charge on any atom is 0.233 e. The van der Waals surface area contributed by atoms with Crippen LogP contribution in [0.2, 0.25) is 0 Å². The second-order valence-corrected chi connectivity index (χ2v) is 9.10. The van der Waals surface area contributed by atoms with E-state index in [0.29, 0.717) is 43.2 Å². The van der Waals surface area contributed by atoms with Gasteiger partial charge < -0.3 is 20.1 Å². The summed E-state index contributed by atoms with van der Waals surface area (Å²) < 4.78 is 10.2. The summed E-state index contributed by atoms with van der Waals surface area (Å²) in [6.07, 6.45) is 3.32. The van der Waals surface area contributed by atoms with Crippen molar-refractivity contribution in [3.63, 3.8) is 0 Å². The van der Waals surface area contributed by atoms with Crippen molar-refractivity contribution in [1.82, 2.24) is 14.9 Å². The van der Waals surface area contributed by atoms with Crippen LogP contribution in [0.1, 0.15) is 23.8 Å². The third-order valence-electron chi connectivity index (χ3n) is 4.97. The van der Waals surface area contributed by atoms with E-state index in [1.165, 1.54) is 28.6 Å². The van der Waals surface area contributed by atoms with Gasteiger partial charge in [-0.05, 0) is 30.7 Å². The lowest BCUT2D eigenvalue weighted by atomic mass is 9.89. The number of amides is 1. The van der Waals surface area contributed by atoms with Gasteiger partial charge in [-0.25, -0.2) is 9.97 Å². The van der Waals surface area contributed by atoms with Gasteiger partial charge >= 0.3 is 0 Å². The lowest BCUT2D eigenvalue weighted by molar-refractivity contribution is -0.129. The van der Waals surface area contributed by atoms with Crippen LogP contribution in [0, 0.1) is 5.92 Å². The van der Waals surface area contributed by atoms with Crippen LogP contribution >= 0.6 is 23.1 Å². The monoisotopic (exact) mass is 424 g/mol. The first-order valence-corrected chi connectivity index (χ1v) is 11.3. The first-order valence-electron chi connectivity index (χ1n) is 9.49. The molecule has 28 heavy (non-hydrogen) atoms. The molecule has 9 heteroatoms. The van der Waals surface area contributed by atoms with Gasteiger partial charge in [-0.2, -0.15) is 0 Å². The van der Waals surface area contributed by atoms with Crippen molar-refractivity contribution < 1.29 is 14.3 Å². The van der Waals surface area contributed by atoms with Crippen LogP contribution in [-0.2, 0) is 27.1 Å². The highest BCUT2D eigenvalue weighted by atomic mass is 32.2. The zero-order valence-electron chi connectivity index (χ0n) is 16.7. The summed E-state index contributed by atoms with van der Waals surface area (Å²) in [5.41, 5.74) is 7.60. The van der Waals surface area contributed by atoms with Gasteiger partial charge in [0.15, 0.2) is 5.16 Å². The number of thiophene rings is 1. The summed E-state index contributed by atoms with van der Waals surface area (Å²) in [7, 11) is 3.25. The predicted octanol–water partition coefficient (Wildman–Crippen LogP) is 2.61. The Balaban J connectivity index is 1.71. The van der Waals surface area contributed by atoms with Gasteiger partial charge in [0, 0.05) is 32.2 Å². The van der Waals surface area contributed by atoms with Gasteiger partial charge in [-0.3, -0.25) is 4.79 Å². The Labute approximate surface area is 174 Å². The van der Waals surface area contributed by atoms with Gasteiger partial charge in [0.25, 0.3) is 0 Å². The maximum absolute atomic E-state index is 12.6. The summed E-state index contributed by atoms with van der Waals surface area (Å²) in [5, 5.41) is 1.58. The number of hydrogen-bond donors (Lipinski definition) is 1. The molecule has 1 aliphatic rings. The van der Waals surface area contributed by atoms with E-state index >= 15 is 0 Å². The fourth-order valence-corrected chi connectivity index (χ4v) is 5.60. The number of aromatic nitrogens is 2. The average molecular weight is 425 g/mol. The van der Waals surface area contributed by atoms with E-state index in [0.717, 1.165) is 23.1 Å². The molecule has 1 aliphatic carbocycles. The summed E-state index contributed by atoms with van der Waals surface area (Å²) in [5.74, 6) is 1.51. The van der Waals surface area contributed by atoms with Gasteiger partial charge in [0.1, 0.15) is 10.6 Å². The van der Waals surface area contributed by atoms with Crippen LogP contribution in [-0.4, -0.2) is 67.1 Å². The molecular formula is C19H28N4O3S2. The molecule has 3 rings (SSSR count). The fourth-order valence-electron chi connectivity index (χ4n) is 3.40. The van der Waals surface area contributed by atoms with Crippen molar-refractivity contribution in [2.24, 2.45) is 5.92 Å². The molecule has 0 radical (unpaired) electrons. The van der Waals surface area contributed by atoms with Crippen molar-refractivity contribution in [3.8, 4) is 0 Å². The smallest absolute Gasteiger partial charge is 0.233 e. The zero-order valence-corrected chi connectivity index (χ0v) is 18.3. The van der Waals surface area contributed by atoms with Crippen LogP contribution in [0.3, 0.4) is 0 Å². The Bertz CT molecular complexity index is 819. The molecular weight excluding hydrogens is 396 g/mol. The van der Waals surface area contributed by atoms with E-state index in [1.54, 1.807) is 30.5 Å². The third-order valence-corrected chi connectivity index (χ3v) is 6.95. The number of thioether (sulfide) groups is 1. The lowest BCUT2D eigenvalue weighted by Gasteiger charge is -2.21. The number of aryl methyl sites for hydroxylation is 1. The van der Waals surface area contributed by atoms with Crippen molar-refractivity contribution in [2.45, 2.75) is 31.3 Å². The summed E-state index contributed by atoms with van der Waals surface area (Å²) in [6, 6.07) is 0. The number of ether oxygens (including phenoxy) is 2. The van der Waals surface area contributed by atoms with E-state index in [9.17, 15) is 4.79 Å². The van der Waals surface area contributed by atoms with Gasteiger partial charge in [0.05, 0.1) is 24.4 Å². The molecule has 0 fully saturated rings. The minimum absolute atomic E-state index is 0.0145. The van der Waals surface area contributed by atoms with Crippen molar-refractivity contribution in [3.05, 3.63) is 10.4 Å². The largest absolute Gasteiger partial charge is 0.383 e. The fraction of sp³-hybridized carbons (Fsp3) is 0.632. The highest BCUT2D eigenvalue weighted by Gasteiger charge is 2.23. The molecule has 0 aliphatic heterocycles. The number of anilines is 1. The summed E-state index contributed by atoms with van der Waals surface area (Å²) in [6.45, 7) is 4.35. The first kappa shape index (κ1) is 21.3. The molecule has 0 spiro atoms. The average Bonchev–Trinajstić information content (AvgIpc) is 3.04. The second kappa shape index (κ2) is 9.87. The lowest BCUT2D eigenvalue weighted by Crippen LogP contribution is -2.37. The molecule has 2 aromatic rings. The minimum Gasteiger partial charge on any atom is -0.383 e. The maximum atomic E-state index is 12.6. The predicted molar refractivity (Wildman–Crippen MR) is 114 cm³/mol. The normalized spacial score (nSPS) is 16.3. The number of nitrogens with two attached hydrogens (primary N) is 1. The molecule has 1 atom stereocenters. The summed E-state index contributed by atoms with van der Waals surface area (Å²) in [4.78, 5) is 25.8. The van der Waals surface area contributed by atoms with Crippen LogP contribution in [0.5, 0.6) is 0 Å². The number of carbonyl (C=O) groups is 1. The molecule has 2 N–H and O–H groups in total. The number of methoxy groups -OCH3 is 2. The molecule has 0 bridgehead atoms. The zero-order chi connectivity index (χ0) is 20.1. The van der Waals surface area contributed by atoms with Gasteiger partial charge in [-0.1, -0.05) is 18.7 Å². The van der Waals surface area contributed by atoms with E-state index < -0.39 is 0 Å². The molecule has 2 heterocycles. The Morgan fingerprint density at radius 1 is 1.29 bits per heavy atom. The Kier molecular flexibility index (Phi) is 7.50. The molecule has 7 nitrogen and oxygen atoms in total. The van der Waals surface area contributed by atoms with Crippen molar-refractivity contribution in [1.29, 1.82) is 0 Å². The number of carbonyl (C=O) groups excluding carboxylic acids is 1. The molecule has 0 saturated carbocycles.